The van der Waals surface area contributed by atoms with E-state index in [1.165, 1.54) is 0 Å². The lowest BCUT2D eigenvalue weighted by molar-refractivity contribution is -0.362. The van der Waals surface area contributed by atoms with E-state index >= 15 is 0 Å². The second kappa shape index (κ2) is 10.6. The highest BCUT2D eigenvalue weighted by atomic mass is 16.8. The molecule has 0 saturated carbocycles. The Morgan fingerprint density at radius 1 is 0.771 bits per heavy atom. The van der Waals surface area contributed by atoms with Gasteiger partial charge in [0.25, 0.3) is 0 Å². The zero-order valence-electron chi connectivity index (χ0n) is 20.0. The van der Waals surface area contributed by atoms with Gasteiger partial charge in [-0.1, -0.05) is 91.0 Å². The average Bonchev–Trinajstić information content (AvgIpc) is 2.90. The van der Waals surface area contributed by atoms with Crippen LogP contribution in [0.3, 0.4) is 0 Å². The molecule has 6 atom stereocenters. The minimum absolute atomic E-state index is 0.0257. The molecule has 0 aromatic heterocycles. The van der Waals surface area contributed by atoms with Crippen molar-refractivity contribution in [3.05, 3.63) is 108 Å². The molecule has 1 N–H and O–H groups in total. The fraction of sp³-hybridized carbons (Fsp3) is 0.379. The summed E-state index contributed by atoms with van der Waals surface area (Å²) in [7, 11) is 0. The summed E-state index contributed by atoms with van der Waals surface area (Å²) >= 11 is 0. The number of ether oxygens (including phenoxy) is 5. The fourth-order valence-electron chi connectivity index (χ4n) is 5.04. The molecule has 2 aliphatic rings. The number of rotatable bonds is 7. The van der Waals surface area contributed by atoms with Gasteiger partial charge in [-0.25, -0.2) is 0 Å². The maximum absolute atomic E-state index is 11.4. The van der Waals surface area contributed by atoms with E-state index in [1.807, 2.05) is 68.4 Å². The number of hydrogen-bond donors (Lipinski definition) is 1. The van der Waals surface area contributed by atoms with Crippen molar-refractivity contribution in [3.63, 3.8) is 0 Å². The van der Waals surface area contributed by atoms with Crippen molar-refractivity contribution in [2.45, 2.75) is 56.4 Å². The molecular weight excluding hydrogens is 444 g/mol. The van der Waals surface area contributed by atoms with Crippen LogP contribution in [-0.4, -0.2) is 55.3 Å². The van der Waals surface area contributed by atoms with Crippen molar-refractivity contribution >= 4 is 0 Å². The molecule has 35 heavy (non-hydrogen) atoms. The summed E-state index contributed by atoms with van der Waals surface area (Å²) < 4.78 is 30.2. The molecular formula is C29H32O6. The summed E-state index contributed by atoms with van der Waals surface area (Å²) in [5.41, 5.74) is 1.99. The van der Waals surface area contributed by atoms with Gasteiger partial charge in [0.2, 0.25) is 0 Å². The van der Waals surface area contributed by atoms with Gasteiger partial charge in [-0.3, -0.25) is 0 Å². The monoisotopic (exact) mass is 476 g/mol. The molecule has 0 radical (unpaired) electrons. The number of aliphatic hydroxyl groups excluding tert-OH is 1. The van der Waals surface area contributed by atoms with Crippen molar-refractivity contribution in [3.8, 4) is 0 Å². The highest BCUT2D eigenvalue weighted by Crippen LogP contribution is 2.41. The second-order valence-corrected chi connectivity index (χ2v) is 9.00. The Morgan fingerprint density at radius 2 is 1.29 bits per heavy atom. The van der Waals surface area contributed by atoms with Crippen LogP contribution in [0.15, 0.2) is 91.0 Å². The molecule has 5 rings (SSSR count). The Morgan fingerprint density at radius 3 is 1.80 bits per heavy atom. The van der Waals surface area contributed by atoms with Crippen molar-refractivity contribution in [1.82, 2.24) is 0 Å². The van der Waals surface area contributed by atoms with E-state index in [9.17, 15) is 5.11 Å². The molecule has 6 unspecified atom stereocenters. The van der Waals surface area contributed by atoms with E-state index in [0.29, 0.717) is 6.61 Å². The van der Waals surface area contributed by atoms with E-state index in [1.54, 1.807) is 0 Å². The van der Waals surface area contributed by atoms with Crippen LogP contribution in [0, 0.1) is 0 Å². The molecule has 2 heterocycles. The Labute approximate surface area is 206 Å². The van der Waals surface area contributed by atoms with Crippen LogP contribution in [-0.2, 0) is 29.3 Å². The predicted molar refractivity (Wildman–Crippen MR) is 131 cm³/mol. The summed E-state index contributed by atoms with van der Waals surface area (Å²) in [6.45, 7) is 4.07. The predicted octanol–water partition coefficient (Wildman–Crippen LogP) is 4.25. The normalized spacial score (nSPS) is 27.7. The molecule has 6 heteroatoms. The number of aliphatic hydroxyl groups is 1. The summed E-state index contributed by atoms with van der Waals surface area (Å²) in [6, 6.07) is 30.3. The third-order valence-electron chi connectivity index (χ3n) is 6.64. The Balaban J connectivity index is 1.50. The Bertz CT molecular complexity index is 964. The van der Waals surface area contributed by atoms with Crippen molar-refractivity contribution < 1.29 is 28.8 Å². The standard InChI is InChI=1S/C29H32O6/c1-20-31-19-26-28(34-20)27(35-21(2)33-26)25(30)18-32-29(22-12-6-3-7-13-22,23-14-8-4-9-15-23)24-16-10-5-11-17-24/h3-17,20-21,25-28,30H,18-19H2,1-2H3. The van der Waals surface area contributed by atoms with Gasteiger partial charge in [0, 0.05) is 0 Å². The van der Waals surface area contributed by atoms with Gasteiger partial charge >= 0.3 is 0 Å². The molecule has 0 aliphatic carbocycles. The van der Waals surface area contributed by atoms with Gasteiger partial charge in [0.15, 0.2) is 12.6 Å². The highest BCUT2D eigenvalue weighted by molar-refractivity contribution is 5.47. The largest absolute Gasteiger partial charge is 0.388 e. The van der Waals surface area contributed by atoms with Crippen molar-refractivity contribution in [1.29, 1.82) is 0 Å². The first kappa shape index (κ1) is 24.1. The van der Waals surface area contributed by atoms with Crippen LogP contribution in [0.2, 0.25) is 0 Å². The SMILES string of the molecule is CC1OC2COC(C)OC2C(C(O)COC(c2ccccc2)(c2ccccc2)c2ccccc2)O1. The van der Waals surface area contributed by atoms with Crippen LogP contribution in [0.1, 0.15) is 30.5 Å². The molecule has 184 valence electrons. The minimum atomic E-state index is -0.949. The minimum Gasteiger partial charge on any atom is -0.388 e. The molecule has 2 aliphatic heterocycles. The third-order valence-corrected chi connectivity index (χ3v) is 6.64. The van der Waals surface area contributed by atoms with E-state index in [4.69, 9.17) is 23.7 Å². The Kier molecular flexibility index (Phi) is 7.29. The van der Waals surface area contributed by atoms with E-state index in [-0.39, 0.29) is 12.7 Å². The van der Waals surface area contributed by atoms with E-state index in [2.05, 4.69) is 36.4 Å². The van der Waals surface area contributed by atoms with Crippen LogP contribution in [0.25, 0.3) is 0 Å². The van der Waals surface area contributed by atoms with Crippen LogP contribution in [0.4, 0.5) is 0 Å². The van der Waals surface area contributed by atoms with Gasteiger partial charge in [-0.05, 0) is 30.5 Å². The zero-order valence-corrected chi connectivity index (χ0v) is 20.0. The summed E-state index contributed by atoms with van der Waals surface area (Å²) in [4.78, 5) is 0. The molecule has 0 bridgehead atoms. The third kappa shape index (κ3) is 4.91. The smallest absolute Gasteiger partial charge is 0.156 e. The van der Waals surface area contributed by atoms with Gasteiger partial charge in [-0.2, -0.15) is 0 Å². The quantitative estimate of drug-likeness (QED) is 0.515. The topological polar surface area (TPSA) is 66.4 Å². The number of benzene rings is 3. The van der Waals surface area contributed by atoms with Crippen LogP contribution < -0.4 is 0 Å². The van der Waals surface area contributed by atoms with Crippen LogP contribution >= 0.6 is 0 Å². The first-order chi connectivity index (χ1) is 17.1. The molecule has 0 spiro atoms. The molecule has 3 aromatic carbocycles. The first-order valence-electron chi connectivity index (χ1n) is 12.1. The second-order valence-electron chi connectivity index (χ2n) is 9.00. The van der Waals surface area contributed by atoms with Gasteiger partial charge in [0.05, 0.1) is 13.2 Å². The maximum atomic E-state index is 11.4. The summed E-state index contributed by atoms with van der Waals surface area (Å²) in [6.07, 6.45) is -3.21. The fourth-order valence-corrected chi connectivity index (χ4v) is 5.04. The van der Waals surface area contributed by atoms with Gasteiger partial charge in [-0.15, -0.1) is 0 Å². The summed E-state index contributed by atoms with van der Waals surface area (Å²) in [5.74, 6) is 0. The molecule has 2 saturated heterocycles. The van der Waals surface area contributed by atoms with E-state index < -0.39 is 36.5 Å². The van der Waals surface area contributed by atoms with Crippen molar-refractivity contribution in [2.24, 2.45) is 0 Å². The maximum Gasteiger partial charge on any atom is 0.156 e. The first-order valence-corrected chi connectivity index (χ1v) is 12.1. The molecule has 6 nitrogen and oxygen atoms in total. The van der Waals surface area contributed by atoms with Gasteiger partial charge in [0.1, 0.15) is 30.0 Å². The molecule has 3 aromatic rings. The van der Waals surface area contributed by atoms with Crippen LogP contribution in [0.5, 0.6) is 0 Å². The van der Waals surface area contributed by atoms with Crippen molar-refractivity contribution in [2.75, 3.05) is 13.2 Å². The number of hydrogen-bond acceptors (Lipinski definition) is 6. The number of fused-ring (bicyclic) bond motifs is 1. The average molecular weight is 477 g/mol. The summed E-state index contributed by atoms with van der Waals surface area (Å²) in [5, 5.41) is 11.4. The molecule has 2 fully saturated rings. The lowest BCUT2D eigenvalue weighted by atomic mass is 9.80. The Hall–Kier alpha value is -2.58. The van der Waals surface area contributed by atoms with E-state index in [0.717, 1.165) is 16.7 Å². The van der Waals surface area contributed by atoms with Gasteiger partial charge < -0.3 is 28.8 Å². The molecule has 0 amide bonds. The lowest BCUT2D eigenvalue weighted by Gasteiger charge is -2.46. The highest BCUT2D eigenvalue weighted by Gasteiger charge is 2.47. The zero-order chi connectivity index (χ0) is 24.3. The lowest BCUT2D eigenvalue weighted by Crippen LogP contribution is -2.60.